The number of hydrogen-bond acceptors (Lipinski definition) is 55. The quantitative estimate of drug-likeness (QED) is 0.0290. The summed E-state index contributed by atoms with van der Waals surface area (Å²) in [5, 5.41) is 373. The zero-order valence-corrected chi connectivity index (χ0v) is 68.0. The van der Waals surface area contributed by atoms with Crippen LogP contribution in [0.15, 0.2) is 0 Å². The number of carbonyl (C=O) groups is 2. The third kappa shape index (κ3) is 22.5. The molecule has 11 aliphatic rings. The molecule has 10 aliphatic heterocycles. The fraction of sp³-hybridized carbons (Fsp3) is 0.972. The molecule has 128 heavy (non-hydrogen) atoms. The van der Waals surface area contributed by atoms with E-state index in [9.17, 15) is 178 Å². The third-order valence-corrected chi connectivity index (χ3v) is 24.3. The van der Waals surface area contributed by atoms with Crippen molar-refractivity contribution >= 4 is 11.8 Å². The first-order valence-electron chi connectivity index (χ1n) is 41.0. The van der Waals surface area contributed by atoms with Gasteiger partial charge >= 0.3 is 0 Å². The number of aliphatic hydroxyl groups is 33. The molecule has 11 rings (SSSR count). The van der Waals surface area contributed by atoms with Gasteiger partial charge in [0.2, 0.25) is 11.8 Å². The smallest absolute Gasteiger partial charge is 0.217 e. The van der Waals surface area contributed by atoms with Gasteiger partial charge in [-0.25, -0.2) is 0 Å². The Bertz CT molecular complexity index is 3380. The Morgan fingerprint density at radius 1 is 0.234 bits per heavy atom. The maximum Gasteiger partial charge on any atom is 0.217 e. The van der Waals surface area contributed by atoms with Crippen molar-refractivity contribution < 1.29 is 273 Å². The molecule has 1 aliphatic carbocycles. The van der Waals surface area contributed by atoms with Crippen molar-refractivity contribution in [2.45, 2.75) is 352 Å². The maximum absolute atomic E-state index is 13.1. The average Bonchev–Trinajstić information content (AvgIpc) is 0.758. The molecule has 11 fully saturated rings. The van der Waals surface area contributed by atoms with E-state index < -0.39 is 428 Å². The van der Waals surface area contributed by atoms with E-state index in [2.05, 4.69) is 10.6 Å². The van der Waals surface area contributed by atoms with Crippen LogP contribution < -0.4 is 10.6 Å². The molecule has 35 N–H and O–H groups in total. The minimum Gasteiger partial charge on any atom is -0.396 e. The van der Waals surface area contributed by atoms with Crippen LogP contribution in [-0.4, -0.2) is 584 Å². The predicted octanol–water partition coefficient (Wildman–Crippen LogP) is -24.0. The van der Waals surface area contributed by atoms with E-state index in [-0.39, 0.29) is 0 Å². The van der Waals surface area contributed by atoms with Crippen molar-refractivity contribution in [2.24, 2.45) is 5.92 Å². The number of ether oxygens (including phenoxy) is 20. The number of hydrogen-bond donors (Lipinski definition) is 35. The Labute approximate surface area is 723 Å². The molecule has 0 aromatic rings. The molecule has 0 radical (unpaired) electrons. The number of carbonyl (C=O) groups excluding carboxylic acids is 2. The summed E-state index contributed by atoms with van der Waals surface area (Å²) >= 11 is 0. The van der Waals surface area contributed by atoms with E-state index in [0.29, 0.717) is 0 Å². The summed E-state index contributed by atoms with van der Waals surface area (Å²) in [6.07, 6.45) is -114. The molecule has 0 aromatic heterocycles. The van der Waals surface area contributed by atoms with E-state index in [1.807, 2.05) is 0 Å². The molecular formula is C71H120N2O55. The maximum atomic E-state index is 13.1. The molecule has 55 atom stereocenters. The van der Waals surface area contributed by atoms with Gasteiger partial charge in [-0.05, 0) is 6.42 Å². The molecule has 0 unspecified atom stereocenters. The monoisotopic (exact) mass is 1880 g/mol. The summed E-state index contributed by atoms with van der Waals surface area (Å²) < 4.78 is 119. The van der Waals surface area contributed by atoms with Gasteiger partial charge in [0.25, 0.3) is 0 Å². The van der Waals surface area contributed by atoms with Crippen molar-refractivity contribution in [3.63, 3.8) is 0 Å². The molecular weight excluding hydrogens is 1760 g/mol. The van der Waals surface area contributed by atoms with Crippen molar-refractivity contribution in [3.8, 4) is 0 Å². The normalized spacial score (nSPS) is 51.7. The SMILES string of the molecule is CC(=O)N[C@@H]1[C@@H](O)[C@H](O[C@@H]2O[C@H](CO)[C@@H](O[C@@H]3O[C@H](CO[C@H]4O[C@H](CO[C@H]5O[C@H](CO)[C@@H](O)[C@H](O)[C@@H]5O[C@H]5O[C@H](CO)[C@@H](O)[C@H](O)[C@@H]5O)[C@@H](O)[C@H](O[C@H]5O[C@H](CO)[C@@H](O)[C@H](O)[C@@H]5O[C@H]5O[C@H](CO)[C@@H](O)[C@H](O)[C@@H]5O)[C@@H]4O)[C@@H](O)[C@H](O[C@H]4O[C@H](CO)[C@@H](O)[C@H](O)[C@@H]4O[C@H]4O[C@H](CO)[C@@H](O)[C@H](O)[C@@H]4O[C@H]4C[C@H](CO)[C@@H](O)[C@H](O)[C@@H]4O)[C@@H]3O)[C@H](O)[C@H]2NC(C)=O)[C@@H](CO)O[C@H]1O. The second kappa shape index (κ2) is 45.9. The second-order valence-corrected chi connectivity index (χ2v) is 32.8. The molecule has 57 nitrogen and oxygen atoms in total. The Kier molecular flexibility index (Phi) is 37.7. The molecule has 0 aromatic carbocycles. The van der Waals surface area contributed by atoms with E-state index in [4.69, 9.17) is 94.7 Å². The highest BCUT2D eigenvalue weighted by Crippen LogP contribution is 2.42. The standard InChI is InChI=1S/C71H120N2O55/c1-15(83)72-29-41(95)54(25(11-81)112-62(29)108)122-63-30(73-16(2)84)42(96)55(26(12-82)119-63)123-67-53(107)57(125-71-61(49(103)38(92)24(10-80)118-71)128-69-59(47(101)36(90)22(8-78)116-69)111-18-3-17(4-74)31(85)43(97)32(18)86)40(94)28(121-67)13-109-64-52(106)56(124-70-60(48(102)37(91)23(9-79)117-70)127-66-51(105)45(99)34(88)20(6-76)114-66)39(93)27(120-64)14-110-68-58(46(100)35(89)21(7-77)115-68)126-65-50(104)44(98)33(87)19(5-75)113-65/h17-71,74-82,85-108H,3-14H2,1-2H3,(H,72,83)(H,73,84)/t17-,18+,19-,20-,21-,22-,23-,24-,25-,26-,27-,28-,29-,30-,31-,32-,33-,34-,35-,36-,37-,38-,39-,40-,41-,42-,43+,44+,45+,46+,47+,48+,49+,50+,51+,52+,53+,54-,55-,56+,57+,58+,59+,60+,61+,62-,63+,64+,65-,66-,67+,68+,69-,70-,71-/m1/s1. The van der Waals surface area contributed by atoms with Crippen LogP contribution >= 0.6 is 0 Å². The molecule has 1 saturated carbocycles. The summed E-state index contributed by atoms with van der Waals surface area (Å²) in [4.78, 5) is 25.4. The highest BCUT2D eigenvalue weighted by atomic mass is 16.8. The largest absolute Gasteiger partial charge is 0.396 e. The van der Waals surface area contributed by atoms with Gasteiger partial charge in [0.1, 0.15) is 256 Å². The number of amides is 2. The first kappa shape index (κ1) is 105. The Morgan fingerprint density at radius 2 is 0.516 bits per heavy atom. The lowest BCUT2D eigenvalue weighted by Gasteiger charge is -2.51. The Hall–Kier alpha value is -3.18. The van der Waals surface area contributed by atoms with Crippen LogP contribution in [0.25, 0.3) is 0 Å². The van der Waals surface area contributed by atoms with Crippen LogP contribution in [0, 0.1) is 5.92 Å². The van der Waals surface area contributed by atoms with Gasteiger partial charge in [-0.3, -0.25) is 9.59 Å². The van der Waals surface area contributed by atoms with Gasteiger partial charge in [-0.2, -0.15) is 0 Å². The number of nitrogens with one attached hydrogen (secondary N) is 2. The van der Waals surface area contributed by atoms with Crippen molar-refractivity contribution in [3.05, 3.63) is 0 Å². The molecule has 2 amide bonds. The van der Waals surface area contributed by atoms with Crippen LogP contribution in [0.5, 0.6) is 0 Å². The Morgan fingerprint density at radius 3 is 0.922 bits per heavy atom. The highest BCUT2D eigenvalue weighted by Gasteiger charge is 2.62. The van der Waals surface area contributed by atoms with E-state index >= 15 is 0 Å². The fourth-order valence-electron chi connectivity index (χ4n) is 16.9. The summed E-state index contributed by atoms with van der Waals surface area (Å²) in [7, 11) is 0. The minimum absolute atomic E-state index is 0.501. The van der Waals surface area contributed by atoms with E-state index in [1.54, 1.807) is 0 Å². The lowest BCUT2D eigenvalue weighted by atomic mass is 9.81. The molecule has 0 bridgehead atoms. The number of rotatable bonds is 33. The summed E-state index contributed by atoms with van der Waals surface area (Å²) in [6, 6.07) is -3.70. The van der Waals surface area contributed by atoms with Crippen molar-refractivity contribution in [2.75, 3.05) is 72.7 Å². The third-order valence-electron chi connectivity index (χ3n) is 24.3. The molecule has 10 saturated heterocycles. The van der Waals surface area contributed by atoms with Crippen LogP contribution in [0.1, 0.15) is 20.3 Å². The first-order valence-corrected chi connectivity index (χ1v) is 41.0. The number of aliphatic hydroxyl groups excluding tert-OH is 33. The predicted molar refractivity (Wildman–Crippen MR) is 389 cm³/mol. The summed E-state index contributed by atoms with van der Waals surface area (Å²) in [5.41, 5.74) is 0. The minimum atomic E-state index is -2.68. The molecule has 744 valence electrons. The lowest BCUT2D eigenvalue weighted by Crippen LogP contribution is -2.70. The van der Waals surface area contributed by atoms with Crippen molar-refractivity contribution in [1.29, 1.82) is 0 Å². The summed E-state index contributed by atoms with van der Waals surface area (Å²) in [6.45, 7) is -10.6. The average molecular weight is 1880 g/mol. The second-order valence-electron chi connectivity index (χ2n) is 32.8. The van der Waals surface area contributed by atoms with Gasteiger partial charge in [0, 0.05) is 26.4 Å². The van der Waals surface area contributed by atoms with Crippen LogP contribution in [0.3, 0.4) is 0 Å². The molecule has 10 heterocycles. The van der Waals surface area contributed by atoms with Crippen LogP contribution in [0.2, 0.25) is 0 Å². The van der Waals surface area contributed by atoms with Gasteiger partial charge in [0.15, 0.2) is 62.9 Å². The summed E-state index contributed by atoms with van der Waals surface area (Å²) in [5.74, 6) is -3.04. The Balaban J connectivity index is 0.961. The zero-order chi connectivity index (χ0) is 94.0. The zero-order valence-electron chi connectivity index (χ0n) is 68.0. The lowest BCUT2D eigenvalue weighted by molar-refractivity contribution is -0.403. The van der Waals surface area contributed by atoms with Crippen LogP contribution in [-0.2, 0) is 104 Å². The van der Waals surface area contributed by atoms with E-state index in [1.165, 1.54) is 0 Å². The highest BCUT2D eigenvalue weighted by molar-refractivity contribution is 5.73. The van der Waals surface area contributed by atoms with E-state index in [0.717, 1.165) is 13.8 Å². The molecule has 57 heteroatoms. The van der Waals surface area contributed by atoms with Gasteiger partial charge in [0.05, 0.1) is 78.3 Å². The van der Waals surface area contributed by atoms with Gasteiger partial charge in [-0.15, -0.1) is 0 Å². The van der Waals surface area contributed by atoms with Crippen molar-refractivity contribution in [1.82, 2.24) is 10.6 Å². The van der Waals surface area contributed by atoms with Crippen LogP contribution in [0.4, 0.5) is 0 Å². The van der Waals surface area contributed by atoms with Gasteiger partial charge in [-0.1, -0.05) is 0 Å². The topological polar surface area (TPSA) is 910 Å². The molecule has 0 spiro atoms. The fourth-order valence-corrected chi connectivity index (χ4v) is 16.9. The first-order chi connectivity index (χ1) is 60.7. The van der Waals surface area contributed by atoms with Gasteiger partial charge < -0.3 is 274 Å².